The first-order chi connectivity index (χ1) is 10.1. The van der Waals surface area contributed by atoms with Crippen molar-refractivity contribution in [3.8, 4) is 0 Å². The lowest BCUT2D eigenvalue weighted by atomic mass is 9.96. The molecule has 1 amide bonds. The van der Waals surface area contributed by atoms with Crippen LogP contribution in [0, 0.1) is 5.92 Å². The summed E-state index contributed by atoms with van der Waals surface area (Å²) in [4.78, 5) is 30.0. The van der Waals surface area contributed by atoms with E-state index in [0.717, 1.165) is 5.69 Å². The van der Waals surface area contributed by atoms with Crippen LogP contribution in [-0.2, 0) is 27.4 Å². The Morgan fingerprint density at radius 1 is 1.52 bits per heavy atom. The summed E-state index contributed by atoms with van der Waals surface area (Å²) in [7, 11) is 0. The zero-order valence-electron chi connectivity index (χ0n) is 12.0. The molecule has 1 N–H and O–H groups in total. The van der Waals surface area contributed by atoms with Gasteiger partial charge in [0.1, 0.15) is 5.92 Å². The number of aryl methyl sites for hydroxylation is 1. The quantitative estimate of drug-likeness (QED) is 0.874. The molecule has 21 heavy (non-hydrogen) atoms. The summed E-state index contributed by atoms with van der Waals surface area (Å²) < 4.78 is 7.11. The number of ether oxygens (including phenoxy) is 1. The van der Waals surface area contributed by atoms with Gasteiger partial charge in [-0.15, -0.1) is 0 Å². The Hall–Kier alpha value is -1.89. The Balaban J connectivity index is 1.87. The van der Waals surface area contributed by atoms with Crippen LogP contribution in [0.5, 0.6) is 0 Å². The van der Waals surface area contributed by atoms with Gasteiger partial charge in [-0.2, -0.15) is 0 Å². The zero-order chi connectivity index (χ0) is 15.0. The molecule has 1 aromatic rings. The molecular formula is C14H19N3O4. The lowest BCUT2D eigenvalue weighted by molar-refractivity contribution is -0.143. The minimum absolute atomic E-state index is 0.0181. The first-order valence-corrected chi connectivity index (χ1v) is 7.25. The number of aromatic nitrogens is 2. The van der Waals surface area contributed by atoms with Crippen LogP contribution in [0.2, 0.25) is 0 Å². The SMILES string of the molecule is CCn1cnc2c1C(C(=O)O)CN(C(=O)C1CCOC1)C2. The summed E-state index contributed by atoms with van der Waals surface area (Å²) in [6.45, 7) is 4.27. The molecule has 1 fully saturated rings. The van der Waals surface area contributed by atoms with Gasteiger partial charge in [0.25, 0.3) is 0 Å². The molecule has 0 aliphatic carbocycles. The topological polar surface area (TPSA) is 84.7 Å². The van der Waals surface area contributed by atoms with Crippen molar-refractivity contribution in [2.24, 2.45) is 5.92 Å². The van der Waals surface area contributed by atoms with Crippen LogP contribution in [-0.4, -0.2) is 51.2 Å². The standard InChI is InChI=1S/C14H19N3O4/c1-2-16-8-15-11-6-17(5-10(12(11)16)14(19)20)13(18)9-3-4-21-7-9/h8-10H,2-7H2,1H3,(H,19,20). The summed E-state index contributed by atoms with van der Waals surface area (Å²) in [5.41, 5.74) is 1.43. The summed E-state index contributed by atoms with van der Waals surface area (Å²) in [5.74, 6) is -1.78. The highest BCUT2D eigenvalue weighted by Gasteiger charge is 2.38. The van der Waals surface area contributed by atoms with Crippen LogP contribution in [0.3, 0.4) is 0 Å². The highest BCUT2D eigenvalue weighted by molar-refractivity contribution is 5.82. The Labute approximate surface area is 122 Å². The maximum absolute atomic E-state index is 12.5. The molecule has 0 bridgehead atoms. The fourth-order valence-corrected chi connectivity index (χ4v) is 3.11. The number of rotatable bonds is 3. The Kier molecular flexibility index (Phi) is 3.67. The molecule has 3 heterocycles. The average Bonchev–Trinajstić information content (AvgIpc) is 3.14. The van der Waals surface area contributed by atoms with Gasteiger partial charge in [-0.05, 0) is 13.3 Å². The molecule has 0 aromatic carbocycles. The van der Waals surface area contributed by atoms with Gasteiger partial charge in [0.2, 0.25) is 5.91 Å². The molecule has 1 aromatic heterocycles. The number of nitrogens with zero attached hydrogens (tertiary/aromatic N) is 3. The second-order valence-electron chi connectivity index (χ2n) is 5.53. The third-order valence-electron chi connectivity index (χ3n) is 4.26. The molecule has 0 saturated carbocycles. The molecule has 2 atom stereocenters. The zero-order valence-corrected chi connectivity index (χ0v) is 12.0. The van der Waals surface area contributed by atoms with Crippen LogP contribution in [0.1, 0.15) is 30.7 Å². The lowest BCUT2D eigenvalue weighted by Crippen LogP contribution is -2.44. The third-order valence-corrected chi connectivity index (χ3v) is 4.26. The maximum atomic E-state index is 12.5. The summed E-state index contributed by atoms with van der Waals surface area (Å²) >= 11 is 0. The highest BCUT2D eigenvalue weighted by atomic mass is 16.5. The van der Waals surface area contributed by atoms with Crippen LogP contribution < -0.4 is 0 Å². The van der Waals surface area contributed by atoms with Gasteiger partial charge < -0.3 is 19.3 Å². The average molecular weight is 293 g/mol. The number of carboxylic acid groups (broad SMARTS) is 1. The van der Waals surface area contributed by atoms with E-state index in [4.69, 9.17) is 4.74 Å². The molecule has 2 aliphatic heterocycles. The molecule has 7 heteroatoms. The van der Waals surface area contributed by atoms with Crippen LogP contribution in [0.25, 0.3) is 0 Å². The second-order valence-corrected chi connectivity index (χ2v) is 5.53. The summed E-state index contributed by atoms with van der Waals surface area (Å²) in [6, 6.07) is 0. The van der Waals surface area contributed by atoms with Crippen molar-refractivity contribution in [3.63, 3.8) is 0 Å². The minimum Gasteiger partial charge on any atom is -0.481 e. The maximum Gasteiger partial charge on any atom is 0.314 e. The predicted octanol–water partition coefficient (Wildman–Crippen LogP) is 0.450. The molecule has 1 saturated heterocycles. The van der Waals surface area contributed by atoms with Gasteiger partial charge >= 0.3 is 5.97 Å². The van der Waals surface area contributed by atoms with E-state index < -0.39 is 11.9 Å². The smallest absolute Gasteiger partial charge is 0.314 e. The number of fused-ring (bicyclic) bond motifs is 1. The first kappa shape index (κ1) is 14.1. The van der Waals surface area contributed by atoms with E-state index in [1.165, 1.54) is 0 Å². The van der Waals surface area contributed by atoms with Crippen molar-refractivity contribution in [2.45, 2.75) is 32.4 Å². The van der Waals surface area contributed by atoms with Crippen molar-refractivity contribution in [2.75, 3.05) is 19.8 Å². The first-order valence-electron chi connectivity index (χ1n) is 7.25. The van der Waals surface area contributed by atoms with E-state index >= 15 is 0 Å². The monoisotopic (exact) mass is 293 g/mol. The van der Waals surface area contributed by atoms with Gasteiger partial charge in [-0.25, -0.2) is 4.98 Å². The van der Waals surface area contributed by atoms with E-state index in [0.29, 0.717) is 38.4 Å². The van der Waals surface area contributed by atoms with Gasteiger partial charge in [0.05, 0.1) is 36.8 Å². The van der Waals surface area contributed by atoms with E-state index in [2.05, 4.69) is 4.98 Å². The molecule has 2 aliphatic rings. The number of aliphatic carboxylic acids is 1. The van der Waals surface area contributed by atoms with Gasteiger partial charge in [0, 0.05) is 19.7 Å². The Morgan fingerprint density at radius 2 is 2.33 bits per heavy atom. The Morgan fingerprint density at radius 3 is 2.95 bits per heavy atom. The van der Waals surface area contributed by atoms with Gasteiger partial charge in [0.15, 0.2) is 0 Å². The molecule has 2 unspecified atom stereocenters. The molecular weight excluding hydrogens is 274 g/mol. The van der Waals surface area contributed by atoms with Crippen LogP contribution >= 0.6 is 0 Å². The van der Waals surface area contributed by atoms with Crippen LogP contribution in [0.15, 0.2) is 6.33 Å². The number of amides is 1. The molecule has 3 rings (SSSR count). The van der Waals surface area contributed by atoms with Crippen molar-refractivity contribution >= 4 is 11.9 Å². The Bertz CT molecular complexity index is 563. The molecule has 114 valence electrons. The van der Waals surface area contributed by atoms with Crippen molar-refractivity contribution < 1.29 is 19.4 Å². The normalized spacial score (nSPS) is 24.9. The lowest BCUT2D eigenvalue weighted by Gasteiger charge is -2.32. The highest BCUT2D eigenvalue weighted by Crippen LogP contribution is 2.30. The van der Waals surface area contributed by atoms with E-state index in [1.54, 1.807) is 11.2 Å². The van der Waals surface area contributed by atoms with Crippen molar-refractivity contribution in [3.05, 3.63) is 17.7 Å². The molecule has 0 radical (unpaired) electrons. The number of carbonyl (C=O) groups excluding carboxylic acids is 1. The van der Waals surface area contributed by atoms with Crippen LogP contribution in [0.4, 0.5) is 0 Å². The second kappa shape index (κ2) is 5.48. The summed E-state index contributed by atoms with van der Waals surface area (Å²) in [6.07, 6.45) is 2.37. The largest absolute Gasteiger partial charge is 0.481 e. The fourth-order valence-electron chi connectivity index (χ4n) is 3.11. The number of carboxylic acids is 1. The van der Waals surface area contributed by atoms with Gasteiger partial charge in [-0.3, -0.25) is 9.59 Å². The van der Waals surface area contributed by atoms with E-state index in [-0.39, 0.29) is 18.4 Å². The van der Waals surface area contributed by atoms with E-state index in [9.17, 15) is 14.7 Å². The number of carbonyl (C=O) groups is 2. The number of imidazole rings is 1. The molecule has 7 nitrogen and oxygen atoms in total. The predicted molar refractivity (Wildman–Crippen MR) is 72.6 cm³/mol. The minimum atomic E-state index is -0.911. The number of hydrogen-bond donors (Lipinski definition) is 1. The number of hydrogen-bond acceptors (Lipinski definition) is 4. The van der Waals surface area contributed by atoms with E-state index in [1.807, 2.05) is 11.5 Å². The van der Waals surface area contributed by atoms with Gasteiger partial charge in [-0.1, -0.05) is 0 Å². The third kappa shape index (κ3) is 2.42. The summed E-state index contributed by atoms with van der Waals surface area (Å²) in [5, 5.41) is 9.48. The molecule has 0 spiro atoms. The van der Waals surface area contributed by atoms with Crippen molar-refractivity contribution in [1.82, 2.24) is 14.5 Å². The van der Waals surface area contributed by atoms with Crippen molar-refractivity contribution in [1.29, 1.82) is 0 Å². The fraction of sp³-hybridized carbons (Fsp3) is 0.643.